The largest absolute Gasteiger partial charge is 0.355 e. The number of hydrogen-bond acceptors (Lipinski definition) is 4. The molecular formula is C16H25ClN4. The number of nitrogens with zero attached hydrogens (tertiary/aromatic N) is 4. The van der Waals surface area contributed by atoms with Gasteiger partial charge >= 0.3 is 0 Å². The van der Waals surface area contributed by atoms with Crippen molar-refractivity contribution in [1.82, 2.24) is 14.9 Å². The minimum absolute atomic E-state index is 0.303. The molecule has 1 atom stereocenters. The van der Waals surface area contributed by atoms with E-state index >= 15 is 0 Å². The lowest BCUT2D eigenvalue weighted by atomic mass is 10.2. The van der Waals surface area contributed by atoms with Crippen LogP contribution in [0.2, 0.25) is 5.15 Å². The van der Waals surface area contributed by atoms with Gasteiger partial charge in [-0.25, -0.2) is 9.97 Å². The van der Waals surface area contributed by atoms with Crippen molar-refractivity contribution in [2.75, 3.05) is 31.1 Å². The number of rotatable bonds is 2. The van der Waals surface area contributed by atoms with Crippen LogP contribution < -0.4 is 4.90 Å². The third kappa shape index (κ3) is 3.02. The van der Waals surface area contributed by atoms with Crippen molar-refractivity contribution in [3.63, 3.8) is 0 Å². The molecule has 1 unspecified atom stereocenters. The van der Waals surface area contributed by atoms with Crippen molar-refractivity contribution in [2.24, 2.45) is 0 Å². The van der Waals surface area contributed by atoms with E-state index in [2.05, 4.69) is 28.6 Å². The Morgan fingerprint density at radius 1 is 1.14 bits per heavy atom. The third-order valence-corrected chi connectivity index (χ3v) is 5.07. The Kier molecular flexibility index (Phi) is 4.36. The summed E-state index contributed by atoms with van der Waals surface area (Å²) in [5.74, 6) is 2.21. The van der Waals surface area contributed by atoms with Crippen LogP contribution in [0.15, 0.2) is 0 Å². The summed E-state index contributed by atoms with van der Waals surface area (Å²) < 4.78 is 0. The number of fused-ring (bicyclic) bond motifs is 1. The quantitative estimate of drug-likeness (QED) is 0.785. The van der Waals surface area contributed by atoms with Gasteiger partial charge in [0, 0.05) is 37.2 Å². The maximum Gasteiger partial charge on any atom is 0.137 e. The maximum atomic E-state index is 6.35. The second-order valence-corrected chi connectivity index (χ2v) is 6.97. The maximum absolute atomic E-state index is 6.35. The van der Waals surface area contributed by atoms with E-state index in [1.807, 2.05) is 6.92 Å². The van der Waals surface area contributed by atoms with E-state index < -0.39 is 0 Å². The van der Waals surface area contributed by atoms with Crippen LogP contribution in [0, 0.1) is 6.92 Å². The molecule has 5 heteroatoms. The molecular weight excluding hydrogens is 284 g/mol. The van der Waals surface area contributed by atoms with E-state index in [0.29, 0.717) is 17.1 Å². The number of hydrogen-bond donors (Lipinski definition) is 0. The van der Waals surface area contributed by atoms with Crippen molar-refractivity contribution < 1.29 is 0 Å². The summed E-state index contributed by atoms with van der Waals surface area (Å²) in [4.78, 5) is 14.3. The first-order valence-corrected chi connectivity index (χ1v) is 8.47. The SMILES string of the molecule is Cc1c(Cl)nc(C(C)C)nc1N1CCCN2CCCC2C1. The van der Waals surface area contributed by atoms with E-state index in [9.17, 15) is 0 Å². The summed E-state index contributed by atoms with van der Waals surface area (Å²) >= 11 is 6.35. The highest BCUT2D eigenvalue weighted by Gasteiger charge is 2.30. The van der Waals surface area contributed by atoms with Crippen LogP contribution >= 0.6 is 11.6 Å². The average Bonchev–Trinajstić information content (AvgIpc) is 2.79. The number of halogens is 1. The van der Waals surface area contributed by atoms with E-state index in [-0.39, 0.29) is 0 Å². The van der Waals surface area contributed by atoms with Crippen molar-refractivity contribution in [3.05, 3.63) is 16.5 Å². The van der Waals surface area contributed by atoms with Crippen LogP contribution in [0.3, 0.4) is 0 Å². The predicted octanol–water partition coefficient (Wildman–Crippen LogP) is 3.24. The molecule has 0 spiro atoms. The van der Waals surface area contributed by atoms with Gasteiger partial charge in [0.1, 0.15) is 16.8 Å². The topological polar surface area (TPSA) is 32.3 Å². The van der Waals surface area contributed by atoms with E-state index in [4.69, 9.17) is 16.6 Å². The first kappa shape index (κ1) is 15.0. The summed E-state index contributed by atoms with van der Waals surface area (Å²) in [5.41, 5.74) is 1.02. The van der Waals surface area contributed by atoms with E-state index in [1.165, 1.54) is 32.4 Å². The van der Waals surface area contributed by atoms with Gasteiger partial charge in [-0.05, 0) is 32.7 Å². The fourth-order valence-corrected chi connectivity index (χ4v) is 3.63. The molecule has 2 aliphatic rings. The Balaban J connectivity index is 1.91. The lowest BCUT2D eigenvalue weighted by molar-refractivity contribution is 0.273. The van der Waals surface area contributed by atoms with Gasteiger partial charge in [-0.3, -0.25) is 4.90 Å². The monoisotopic (exact) mass is 308 g/mol. The predicted molar refractivity (Wildman–Crippen MR) is 87.3 cm³/mol. The Labute approximate surface area is 132 Å². The smallest absolute Gasteiger partial charge is 0.137 e. The van der Waals surface area contributed by atoms with E-state index in [1.54, 1.807) is 0 Å². The van der Waals surface area contributed by atoms with Gasteiger partial charge in [0.15, 0.2) is 0 Å². The molecule has 2 aliphatic heterocycles. The van der Waals surface area contributed by atoms with Crippen LogP contribution in [0.25, 0.3) is 0 Å². The van der Waals surface area contributed by atoms with Crippen molar-refractivity contribution in [1.29, 1.82) is 0 Å². The Bertz CT molecular complexity index is 517. The van der Waals surface area contributed by atoms with Gasteiger partial charge in [0.25, 0.3) is 0 Å². The molecule has 21 heavy (non-hydrogen) atoms. The third-order valence-electron chi connectivity index (χ3n) is 4.70. The summed E-state index contributed by atoms with van der Waals surface area (Å²) in [6.45, 7) is 10.9. The summed E-state index contributed by atoms with van der Waals surface area (Å²) in [5, 5.41) is 0.608. The average molecular weight is 309 g/mol. The van der Waals surface area contributed by atoms with Gasteiger partial charge in [0.05, 0.1) is 0 Å². The van der Waals surface area contributed by atoms with Gasteiger partial charge in [0.2, 0.25) is 0 Å². The molecule has 0 radical (unpaired) electrons. The standard InChI is InChI=1S/C16H25ClN4/c1-11(2)15-18-14(17)12(3)16(19-15)21-9-5-8-20-7-4-6-13(20)10-21/h11,13H,4-10H2,1-3H3. The number of anilines is 1. The molecule has 0 aromatic carbocycles. The summed E-state index contributed by atoms with van der Waals surface area (Å²) in [6, 6.07) is 0.683. The molecule has 2 saturated heterocycles. The first-order valence-electron chi connectivity index (χ1n) is 8.09. The second-order valence-electron chi connectivity index (χ2n) is 6.61. The molecule has 0 saturated carbocycles. The van der Waals surface area contributed by atoms with Crippen molar-refractivity contribution >= 4 is 17.4 Å². The highest BCUT2D eigenvalue weighted by Crippen LogP contribution is 2.29. The molecule has 1 aromatic heterocycles. The lowest BCUT2D eigenvalue weighted by Gasteiger charge is -2.28. The Hall–Kier alpha value is -0.870. The van der Waals surface area contributed by atoms with Gasteiger partial charge < -0.3 is 4.90 Å². The van der Waals surface area contributed by atoms with Crippen LogP contribution in [0.4, 0.5) is 5.82 Å². The van der Waals surface area contributed by atoms with Crippen molar-refractivity contribution in [2.45, 2.75) is 52.0 Å². The molecule has 1 aromatic rings. The molecule has 116 valence electrons. The Morgan fingerprint density at radius 3 is 2.67 bits per heavy atom. The van der Waals surface area contributed by atoms with Crippen molar-refractivity contribution in [3.8, 4) is 0 Å². The molecule has 2 fully saturated rings. The highest BCUT2D eigenvalue weighted by molar-refractivity contribution is 6.30. The van der Waals surface area contributed by atoms with Crippen LogP contribution in [-0.4, -0.2) is 47.1 Å². The first-order chi connectivity index (χ1) is 10.1. The van der Waals surface area contributed by atoms with Gasteiger partial charge in [-0.2, -0.15) is 0 Å². The molecule has 4 nitrogen and oxygen atoms in total. The molecule has 0 amide bonds. The normalized spacial score (nSPS) is 23.5. The molecule has 0 bridgehead atoms. The van der Waals surface area contributed by atoms with Crippen LogP contribution in [0.5, 0.6) is 0 Å². The minimum atomic E-state index is 0.303. The minimum Gasteiger partial charge on any atom is -0.355 e. The molecule has 0 N–H and O–H groups in total. The zero-order valence-electron chi connectivity index (χ0n) is 13.3. The van der Waals surface area contributed by atoms with Crippen LogP contribution in [-0.2, 0) is 0 Å². The highest BCUT2D eigenvalue weighted by atomic mass is 35.5. The lowest BCUT2D eigenvalue weighted by Crippen LogP contribution is -2.37. The van der Waals surface area contributed by atoms with Gasteiger partial charge in [-0.15, -0.1) is 0 Å². The summed E-state index contributed by atoms with van der Waals surface area (Å²) in [6.07, 6.45) is 3.85. The fraction of sp³-hybridized carbons (Fsp3) is 0.750. The Morgan fingerprint density at radius 2 is 1.90 bits per heavy atom. The van der Waals surface area contributed by atoms with Gasteiger partial charge in [-0.1, -0.05) is 25.4 Å². The molecule has 3 rings (SSSR count). The number of aromatic nitrogens is 2. The molecule has 3 heterocycles. The zero-order chi connectivity index (χ0) is 15.0. The fourth-order valence-electron chi connectivity index (χ4n) is 3.46. The molecule has 0 aliphatic carbocycles. The zero-order valence-corrected chi connectivity index (χ0v) is 14.0. The van der Waals surface area contributed by atoms with E-state index in [0.717, 1.165) is 30.3 Å². The van der Waals surface area contributed by atoms with Crippen LogP contribution in [0.1, 0.15) is 50.4 Å². The summed E-state index contributed by atoms with van der Waals surface area (Å²) in [7, 11) is 0. The second kappa shape index (κ2) is 6.09.